The summed E-state index contributed by atoms with van der Waals surface area (Å²) in [6, 6.07) is 0. The van der Waals surface area contributed by atoms with Crippen LogP contribution in [0.2, 0.25) is 0 Å². The fourth-order valence-electron chi connectivity index (χ4n) is 0. The van der Waals surface area contributed by atoms with Crippen LogP contribution in [-0.4, -0.2) is 5.48 Å². The van der Waals surface area contributed by atoms with Crippen molar-refractivity contribution in [1.29, 1.82) is 0 Å². The van der Waals surface area contributed by atoms with Gasteiger partial charge in [-0.3, -0.25) is 0 Å². The van der Waals surface area contributed by atoms with Gasteiger partial charge >= 0.3 is 0 Å². The SMILES string of the molecule is ClOOCl.O.[Mo]. The van der Waals surface area contributed by atoms with Crippen LogP contribution in [0.15, 0.2) is 0 Å². The molecule has 0 atom stereocenters. The summed E-state index contributed by atoms with van der Waals surface area (Å²) in [5.41, 5.74) is 0. The molecule has 0 unspecified atom stereocenters. The van der Waals surface area contributed by atoms with Crippen LogP contribution in [0.5, 0.6) is 0 Å². The van der Waals surface area contributed by atoms with Gasteiger partial charge in [-0.15, -0.1) is 8.88 Å². The van der Waals surface area contributed by atoms with Crippen molar-refractivity contribution in [2.24, 2.45) is 0 Å². The fraction of sp³-hybridized carbons (Fsp3) is 0. The molecule has 0 aromatic heterocycles. The molecule has 6 heavy (non-hydrogen) atoms. The first kappa shape index (κ1) is 15.7. The molecule has 0 rings (SSSR count). The smallest absolute Gasteiger partial charge is 0.102 e. The topological polar surface area (TPSA) is 50.0 Å². The molecule has 0 aromatic rings. The predicted molar refractivity (Wildman–Crippen MR) is 17.5 cm³/mol. The molecule has 2 N–H and O–H groups in total. The summed E-state index contributed by atoms with van der Waals surface area (Å²) in [5.74, 6) is 0. The van der Waals surface area contributed by atoms with E-state index in [0.29, 0.717) is 0 Å². The first-order valence-electron chi connectivity index (χ1n) is 0.475. The summed E-state index contributed by atoms with van der Waals surface area (Å²) < 4.78 is 6.56. The Labute approximate surface area is 59.4 Å². The molecule has 0 fully saturated rings. The second-order valence-electron chi connectivity index (χ2n) is 0.126. The van der Waals surface area contributed by atoms with Gasteiger partial charge in [-0.25, -0.2) is 0 Å². The van der Waals surface area contributed by atoms with Crippen molar-refractivity contribution in [1.82, 2.24) is 0 Å². The van der Waals surface area contributed by atoms with Gasteiger partial charge in [-0.05, 0) is 0 Å². The third kappa shape index (κ3) is 19.2. The molecule has 0 aromatic carbocycles. The Hall–Kier alpha value is 1.15. The van der Waals surface area contributed by atoms with Gasteiger partial charge in [0.25, 0.3) is 0 Å². The summed E-state index contributed by atoms with van der Waals surface area (Å²) in [6.07, 6.45) is 0. The zero-order chi connectivity index (χ0) is 3.41. The van der Waals surface area contributed by atoms with E-state index >= 15 is 0 Å². The van der Waals surface area contributed by atoms with Crippen molar-refractivity contribution in [3.8, 4) is 0 Å². The van der Waals surface area contributed by atoms with Crippen molar-refractivity contribution in [3.63, 3.8) is 0 Å². The monoisotopic (exact) mass is 218 g/mol. The van der Waals surface area contributed by atoms with Crippen LogP contribution in [0.25, 0.3) is 0 Å². The van der Waals surface area contributed by atoms with E-state index < -0.39 is 0 Å². The number of halogens is 2. The fourth-order valence-corrected chi connectivity index (χ4v) is 0. The van der Waals surface area contributed by atoms with Crippen molar-refractivity contribution in [2.45, 2.75) is 0 Å². The molecule has 0 heterocycles. The molecule has 0 aliphatic rings. The van der Waals surface area contributed by atoms with E-state index in [1.54, 1.807) is 0 Å². The Morgan fingerprint density at radius 2 is 1.17 bits per heavy atom. The van der Waals surface area contributed by atoms with Gasteiger partial charge in [-0.1, -0.05) is 0 Å². The van der Waals surface area contributed by atoms with E-state index in [2.05, 4.69) is 32.6 Å². The Bertz CT molecular complexity index is 10.8. The van der Waals surface area contributed by atoms with Crippen LogP contribution in [0.4, 0.5) is 0 Å². The summed E-state index contributed by atoms with van der Waals surface area (Å²) in [6.45, 7) is 0. The van der Waals surface area contributed by atoms with Crippen molar-refractivity contribution in [2.75, 3.05) is 0 Å². The Morgan fingerprint density at radius 3 is 1.17 bits per heavy atom. The van der Waals surface area contributed by atoms with Gasteiger partial charge in [0, 0.05) is 21.1 Å². The van der Waals surface area contributed by atoms with Crippen LogP contribution in [0.1, 0.15) is 0 Å². The summed E-state index contributed by atoms with van der Waals surface area (Å²) in [4.78, 5) is 0. The van der Waals surface area contributed by atoms with Gasteiger partial charge in [-0.2, -0.15) is 0 Å². The van der Waals surface area contributed by atoms with Gasteiger partial charge in [0.2, 0.25) is 0 Å². The molecule has 0 aliphatic heterocycles. The molecule has 40 valence electrons. The molecule has 0 spiro atoms. The van der Waals surface area contributed by atoms with Gasteiger partial charge in [0.1, 0.15) is 23.7 Å². The van der Waals surface area contributed by atoms with Crippen molar-refractivity contribution < 1.29 is 35.4 Å². The average molecular weight is 217 g/mol. The standard InChI is InChI=1S/Cl2O2.Mo.H2O/c1-3-4-2;;/h;;1H2. The van der Waals surface area contributed by atoms with Crippen molar-refractivity contribution >= 4 is 23.7 Å². The molecular formula is H2Cl2MoO3. The van der Waals surface area contributed by atoms with Crippen LogP contribution < -0.4 is 0 Å². The zero-order valence-electron chi connectivity index (χ0n) is 2.48. The van der Waals surface area contributed by atoms with E-state index in [4.69, 9.17) is 0 Å². The minimum Gasteiger partial charge on any atom is -0.412 e. The van der Waals surface area contributed by atoms with Crippen LogP contribution in [-0.2, 0) is 29.9 Å². The maximum Gasteiger partial charge on any atom is 0.102 e. The third-order valence-corrected chi connectivity index (χ3v) is 0.214. The molecule has 6 heteroatoms. The molecule has 3 nitrogen and oxygen atoms in total. The van der Waals surface area contributed by atoms with E-state index in [1.165, 1.54) is 0 Å². The first-order chi connectivity index (χ1) is 1.91. The summed E-state index contributed by atoms with van der Waals surface area (Å²) in [5, 5.41) is 0. The normalized spacial score (nSPS) is 5.00. The largest absolute Gasteiger partial charge is 0.412 e. The molecule has 0 saturated carbocycles. The summed E-state index contributed by atoms with van der Waals surface area (Å²) >= 11 is 8.66. The third-order valence-electron chi connectivity index (χ3n) is 0.0238. The molecule has 0 aliphatic carbocycles. The zero-order valence-corrected chi connectivity index (χ0v) is 6.00. The van der Waals surface area contributed by atoms with Crippen molar-refractivity contribution in [3.05, 3.63) is 0 Å². The first-order valence-corrected chi connectivity index (χ1v) is 1.09. The second kappa shape index (κ2) is 16.4. The van der Waals surface area contributed by atoms with Gasteiger partial charge in [0.05, 0.1) is 0 Å². The van der Waals surface area contributed by atoms with E-state index in [9.17, 15) is 0 Å². The minimum atomic E-state index is 0. The molecule has 0 bridgehead atoms. The van der Waals surface area contributed by atoms with E-state index in [1.807, 2.05) is 0 Å². The Morgan fingerprint density at radius 1 is 1.00 bits per heavy atom. The second-order valence-corrected chi connectivity index (χ2v) is 0.378. The van der Waals surface area contributed by atoms with E-state index in [-0.39, 0.29) is 26.5 Å². The molecule has 0 saturated heterocycles. The van der Waals surface area contributed by atoms with E-state index in [0.717, 1.165) is 0 Å². The number of hydrogen-bond acceptors (Lipinski definition) is 2. The maximum absolute atomic E-state index is 4.33. The Balaban J connectivity index is -0.0000000450. The molecule has 0 amide bonds. The van der Waals surface area contributed by atoms with Crippen LogP contribution >= 0.6 is 23.7 Å². The number of rotatable bonds is 1. The molecule has 0 radical (unpaired) electrons. The quantitative estimate of drug-likeness (QED) is 0.363. The Kier molecular flexibility index (Phi) is 43.0. The average Bonchev–Trinajstić information content (AvgIpc) is 1.37. The van der Waals surface area contributed by atoms with Crippen LogP contribution in [0, 0.1) is 0 Å². The predicted octanol–water partition coefficient (Wildman–Crippen LogP) is 0.415. The molecular weight excluding hydrogens is 215 g/mol. The van der Waals surface area contributed by atoms with Gasteiger partial charge < -0.3 is 5.48 Å². The van der Waals surface area contributed by atoms with Crippen LogP contribution in [0.3, 0.4) is 0 Å². The minimum absolute atomic E-state index is 0. The number of hydrogen-bond donors (Lipinski definition) is 0. The summed E-state index contributed by atoms with van der Waals surface area (Å²) in [7, 11) is 0. The van der Waals surface area contributed by atoms with Gasteiger partial charge in [0.15, 0.2) is 0 Å². The maximum atomic E-state index is 4.33.